The average Bonchev–Trinajstić information content (AvgIpc) is 3.00. The highest BCUT2D eigenvalue weighted by atomic mass is 16.5. The third-order valence-electron chi connectivity index (χ3n) is 5.85. The van der Waals surface area contributed by atoms with E-state index >= 15 is 0 Å². The maximum atomic E-state index is 13.5. The minimum Gasteiger partial charge on any atom is -0.493 e. The zero-order valence-electron chi connectivity index (χ0n) is 18.6. The Morgan fingerprint density at radius 2 is 1.71 bits per heavy atom. The number of fused-ring (bicyclic) bond motifs is 2. The van der Waals surface area contributed by atoms with Gasteiger partial charge in [0.2, 0.25) is 0 Å². The molecule has 168 valence electrons. The van der Waals surface area contributed by atoms with Crippen molar-refractivity contribution >= 4 is 34.0 Å². The molecule has 0 saturated carbocycles. The molecule has 1 atom stereocenters. The number of hydrogen-bond donors (Lipinski definition) is 2. The number of nitrogens with one attached hydrogen (secondary N) is 1. The number of amides is 2. The van der Waals surface area contributed by atoms with Crippen LogP contribution in [0, 0.1) is 0 Å². The van der Waals surface area contributed by atoms with Gasteiger partial charge in [0.1, 0.15) is 5.75 Å². The van der Waals surface area contributed by atoms with Crippen molar-refractivity contribution in [2.75, 3.05) is 11.9 Å². The van der Waals surface area contributed by atoms with E-state index in [1.807, 2.05) is 91.9 Å². The molecule has 0 aromatic heterocycles. The molecular weight excluding hydrogens is 426 g/mol. The quantitative estimate of drug-likeness (QED) is 0.455. The average molecular weight is 450 g/mol. The summed E-state index contributed by atoms with van der Waals surface area (Å²) in [6, 6.07) is 25.6. The first-order chi connectivity index (χ1) is 16.6. The second-order valence-corrected chi connectivity index (χ2v) is 7.97. The van der Waals surface area contributed by atoms with Gasteiger partial charge in [-0.15, -0.1) is 0 Å². The lowest BCUT2D eigenvalue weighted by Gasteiger charge is -2.20. The van der Waals surface area contributed by atoms with Gasteiger partial charge in [0.25, 0.3) is 11.8 Å². The molecule has 5 rings (SSSR count). The van der Waals surface area contributed by atoms with E-state index in [4.69, 9.17) is 15.5 Å². The summed E-state index contributed by atoms with van der Waals surface area (Å²) in [7, 11) is 0. The first kappa shape index (κ1) is 21.4. The van der Waals surface area contributed by atoms with Crippen LogP contribution in [0.4, 0.5) is 5.69 Å². The zero-order chi connectivity index (χ0) is 23.7. The summed E-state index contributed by atoms with van der Waals surface area (Å²) in [5, 5.41) is 4.46. The molecule has 4 aromatic rings. The first-order valence-electron chi connectivity index (χ1n) is 11.1. The molecular formula is C28H23N3O3. The van der Waals surface area contributed by atoms with Gasteiger partial charge in [0.15, 0.2) is 6.04 Å². The number of para-hydroxylation sites is 1. The van der Waals surface area contributed by atoms with Crippen molar-refractivity contribution in [1.29, 1.82) is 0 Å². The maximum absolute atomic E-state index is 13.5. The molecule has 6 nitrogen and oxygen atoms in total. The van der Waals surface area contributed by atoms with Crippen LogP contribution in [0.1, 0.15) is 40.0 Å². The highest BCUT2D eigenvalue weighted by Gasteiger charge is 2.32. The molecule has 0 fully saturated rings. The summed E-state index contributed by atoms with van der Waals surface area (Å²) in [4.78, 5) is 31.1. The van der Waals surface area contributed by atoms with Crippen LogP contribution >= 0.6 is 0 Å². The molecule has 4 aromatic carbocycles. The topological polar surface area (TPSA) is 93.8 Å². The molecule has 1 unspecified atom stereocenters. The van der Waals surface area contributed by atoms with Gasteiger partial charge >= 0.3 is 0 Å². The fraction of sp³-hybridized carbons (Fsp3) is 0.107. The summed E-state index contributed by atoms with van der Waals surface area (Å²) >= 11 is 0. The summed E-state index contributed by atoms with van der Waals surface area (Å²) in [6.07, 6.45) is 0. The minimum atomic E-state index is -0.952. The van der Waals surface area contributed by atoms with Gasteiger partial charge in [0, 0.05) is 16.7 Å². The van der Waals surface area contributed by atoms with Gasteiger partial charge in [-0.25, -0.2) is 0 Å². The van der Waals surface area contributed by atoms with Gasteiger partial charge in [-0.05, 0) is 29.8 Å². The molecule has 34 heavy (non-hydrogen) atoms. The molecule has 0 aliphatic carbocycles. The van der Waals surface area contributed by atoms with E-state index in [9.17, 15) is 9.59 Å². The summed E-state index contributed by atoms with van der Waals surface area (Å²) in [5.74, 6) is -0.646. The third-order valence-corrected chi connectivity index (χ3v) is 5.85. The van der Waals surface area contributed by atoms with Crippen LogP contribution in [0.25, 0.3) is 10.8 Å². The molecule has 1 heterocycles. The summed E-state index contributed by atoms with van der Waals surface area (Å²) < 4.78 is 5.95. The van der Waals surface area contributed by atoms with E-state index in [1.54, 1.807) is 0 Å². The Bertz CT molecular complexity index is 1440. The molecule has 6 heteroatoms. The Labute approximate surface area is 197 Å². The van der Waals surface area contributed by atoms with Crippen molar-refractivity contribution in [3.63, 3.8) is 0 Å². The number of carbonyl (C=O) groups excluding carboxylic acids is 2. The highest BCUT2D eigenvalue weighted by Crippen LogP contribution is 2.39. The number of benzodiazepines with no additional fused rings is 1. The Hall–Kier alpha value is -4.45. The van der Waals surface area contributed by atoms with Crippen molar-refractivity contribution in [2.45, 2.75) is 13.0 Å². The normalized spacial score (nSPS) is 15.1. The number of primary amides is 1. The van der Waals surface area contributed by atoms with E-state index in [0.29, 0.717) is 29.0 Å². The van der Waals surface area contributed by atoms with Crippen LogP contribution in [-0.4, -0.2) is 24.1 Å². The first-order valence-corrected chi connectivity index (χ1v) is 11.1. The molecule has 3 N–H and O–H groups in total. The lowest BCUT2D eigenvalue weighted by molar-refractivity contribution is -0.117. The van der Waals surface area contributed by atoms with E-state index in [1.165, 1.54) is 0 Å². The number of carbonyl (C=O) groups is 2. The maximum Gasteiger partial charge on any atom is 0.253 e. The molecule has 0 radical (unpaired) electrons. The van der Waals surface area contributed by atoms with E-state index in [0.717, 1.165) is 16.5 Å². The number of aliphatic imine (C=N–C) groups is 1. The molecule has 0 spiro atoms. The fourth-order valence-corrected chi connectivity index (χ4v) is 4.39. The zero-order valence-corrected chi connectivity index (χ0v) is 18.6. The standard InChI is InChI=1S/C28H23N3O3/c1-2-34-26-21(16-18-12-6-7-13-19(18)23(26)27(29)32)25-28(33)30-22-15-9-8-14-20(22)24(31-25)17-10-4-3-5-11-17/h3-16,25H,2H2,1H3,(H2,29,32)(H,30,33). The third kappa shape index (κ3) is 3.69. The van der Waals surface area contributed by atoms with Crippen LogP contribution in [0.2, 0.25) is 0 Å². The predicted molar refractivity (Wildman–Crippen MR) is 134 cm³/mol. The Morgan fingerprint density at radius 3 is 2.47 bits per heavy atom. The Balaban J connectivity index is 1.81. The van der Waals surface area contributed by atoms with Crippen molar-refractivity contribution in [2.24, 2.45) is 10.7 Å². The van der Waals surface area contributed by atoms with Gasteiger partial charge in [-0.3, -0.25) is 14.6 Å². The van der Waals surface area contributed by atoms with Crippen LogP contribution in [0.5, 0.6) is 5.75 Å². The van der Waals surface area contributed by atoms with E-state index in [-0.39, 0.29) is 17.2 Å². The van der Waals surface area contributed by atoms with Gasteiger partial charge in [-0.1, -0.05) is 72.8 Å². The number of rotatable bonds is 5. The van der Waals surface area contributed by atoms with Crippen LogP contribution in [0.3, 0.4) is 0 Å². The number of nitrogens with zero attached hydrogens (tertiary/aromatic N) is 1. The SMILES string of the molecule is CCOc1c(C2N=C(c3ccccc3)c3ccccc3NC2=O)cc2ccccc2c1C(N)=O. The van der Waals surface area contributed by atoms with Crippen LogP contribution < -0.4 is 15.8 Å². The number of anilines is 1. The Kier molecular flexibility index (Phi) is 5.55. The highest BCUT2D eigenvalue weighted by molar-refractivity contribution is 6.20. The smallest absolute Gasteiger partial charge is 0.253 e. The second kappa shape index (κ2) is 8.83. The van der Waals surface area contributed by atoms with Crippen LogP contribution in [0.15, 0.2) is 89.9 Å². The molecule has 2 amide bonds. The summed E-state index contributed by atoms with van der Waals surface area (Å²) in [5.41, 5.74) is 9.60. The largest absolute Gasteiger partial charge is 0.493 e. The predicted octanol–water partition coefficient (Wildman–Crippen LogP) is 4.87. The van der Waals surface area contributed by atoms with Gasteiger partial charge < -0.3 is 15.8 Å². The number of hydrogen-bond acceptors (Lipinski definition) is 4. The minimum absolute atomic E-state index is 0.251. The van der Waals surface area contributed by atoms with Crippen molar-refractivity contribution in [3.8, 4) is 5.75 Å². The van der Waals surface area contributed by atoms with Crippen LogP contribution in [-0.2, 0) is 4.79 Å². The second-order valence-electron chi connectivity index (χ2n) is 7.97. The van der Waals surface area contributed by atoms with Gasteiger partial charge in [0.05, 0.1) is 23.6 Å². The lowest BCUT2D eigenvalue weighted by atomic mass is 9.94. The van der Waals surface area contributed by atoms with Crippen molar-refractivity contribution in [3.05, 3.63) is 107 Å². The Morgan fingerprint density at radius 1 is 1.00 bits per heavy atom. The monoisotopic (exact) mass is 449 g/mol. The molecule has 1 aliphatic heterocycles. The number of benzene rings is 4. The number of nitrogens with two attached hydrogens (primary N) is 1. The van der Waals surface area contributed by atoms with Crippen molar-refractivity contribution < 1.29 is 14.3 Å². The number of ether oxygens (including phenoxy) is 1. The molecule has 1 aliphatic rings. The summed E-state index contributed by atoms with van der Waals surface area (Å²) in [6.45, 7) is 2.13. The fourth-order valence-electron chi connectivity index (χ4n) is 4.39. The molecule has 0 bridgehead atoms. The lowest BCUT2D eigenvalue weighted by Crippen LogP contribution is -2.22. The molecule has 0 saturated heterocycles. The van der Waals surface area contributed by atoms with E-state index < -0.39 is 11.9 Å². The van der Waals surface area contributed by atoms with Crippen molar-refractivity contribution in [1.82, 2.24) is 0 Å². The van der Waals surface area contributed by atoms with E-state index in [2.05, 4.69) is 5.32 Å². The van der Waals surface area contributed by atoms with Gasteiger partial charge in [-0.2, -0.15) is 0 Å².